The maximum atomic E-state index is 11.9. The predicted molar refractivity (Wildman–Crippen MR) is 79.2 cm³/mol. The van der Waals surface area contributed by atoms with Crippen LogP contribution in [0.3, 0.4) is 0 Å². The zero-order chi connectivity index (χ0) is 14.0. The third-order valence-electron chi connectivity index (χ3n) is 3.16. The highest BCUT2D eigenvalue weighted by molar-refractivity contribution is 8.01. The Kier molecular flexibility index (Phi) is 4.07. The number of hydrogen-bond acceptors (Lipinski definition) is 5. The van der Waals surface area contributed by atoms with Crippen molar-refractivity contribution < 1.29 is 8.42 Å². The Balaban J connectivity index is 2.47. The summed E-state index contributed by atoms with van der Waals surface area (Å²) in [4.78, 5) is 1.85. The van der Waals surface area contributed by atoms with Crippen molar-refractivity contribution in [2.75, 3.05) is 29.2 Å². The molecule has 0 N–H and O–H groups in total. The molecule has 102 valence electrons. The molecule has 1 atom stereocenters. The number of nitrogens with zero attached hydrogens (tertiary/aromatic N) is 2. The first-order valence-corrected chi connectivity index (χ1v) is 9.08. The molecule has 1 unspecified atom stereocenters. The summed E-state index contributed by atoms with van der Waals surface area (Å²) >= 11 is 1.64. The van der Waals surface area contributed by atoms with Gasteiger partial charge in [-0.05, 0) is 24.6 Å². The summed E-state index contributed by atoms with van der Waals surface area (Å²) in [6, 6.07) is 7.73. The van der Waals surface area contributed by atoms with E-state index in [0.717, 1.165) is 17.0 Å². The van der Waals surface area contributed by atoms with Gasteiger partial charge in [-0.1, -0.05) is 6.07 Å². The molecule has 6 heteroatoms. The van der Waals surface area contributed by atoms with Crippen molar-refractivity contribution in [2.24, 2.45) is 0 Å². The Morgan fingerprint density at radius 3 is 2.84 bits per heavy atom. The van der Waals surface area contributed by atoms with Gasteiger partial charge in [0.05, 0.1) is 11.3 Å². The SMILES string of the molecule is Cc1ccc(N2CCSCC2S(C)(=O)=O)c(C#N)c1. The number of sulfone groups is 1. The van der Waals surface area contributed by atoms with Gasteiger partial charge in [-0.15, -0.1) is 0 Å². The Labute approximate surface area is 118 Å². The van der Waals surface area contributed by atoms with Gasteiger partial charge < -0.3 is 4.90 Å². The number of hydrogen-bond donors (Lipinski definition) is 0. The second-order valence-corrected chi connectivity index (χ2v) is 8.04. The highest BCUT2D eigenvalue weighted by Crippen LogP contribution is 2.29. The van der Waals surface area contributed by atoms with Crippen molar-refractivity contribution >= 4 is 27.3 Å². The van der Waals surface area contributed by atoms with E-state index in [-0.39, 0.29) is 0 Å². The van der Waals surface area contributed by atoms with E-state index in [1.54, 1.807) is 17.8 Å². The van der Waals surface area contributed by atoms with Crippen molar-refractivity contribution in [3.8, 4) is 6.07 Å². The lowest BCUT2D eigenvalue weighted by atomic mass is 10.1. The molecule has 1 fully saturated rings. The monoisotopic (exact) mass is 296 g/mol. The first-order chi connectivity index (χ1) is 8.93. The molecule has 1 heterocycles. The van der Waals surface area contributed by atoms with Gasteiger partial charge in [-0.25, -0.2) is 8.42 Å². The van der Waals surface area contributed by atoms with Gasteiger partial charge in [0, 0.05) is 24.3 Å². The second kappa shape index (κ2) is 5.43. The van der Waals surface area contributed by atoms with E-state index < -0.39 is 15.2 Å². The summed E-state index contributed by atoms with van der Waals surface area (Å²) in [7, 11) is -3.16. The maximum Gasteiger partial charge on any atom is 0.169 e. The molecule has 0 aromatic heterocycles. The molecule has 0 bridgehead atoms. The minimum atomic E-state index is -3.16. The van der Waals surface area contributed by atoms with Crippen LogP contribution in [0.2, 0.25) is 0 Å². The largest absolute Gasteiger partial charge is 0.352 e. The molecule has 0 amide bonds. The molecule has 1 aliphatic rings. The summed E-state index contributed by atoms with van der Waals surface area (Å²) in [5, 5.41) is 8.69. The molecule has 1 aliphatic heterocycles. The third-order valence-corrected chi connectivity index (χ3v) is 5.80. The van der Waals surface area contributed by atoms with Gasteiger partial charge in [0.25, 0.3) is 0 Å². The molecule has 0 radical (unpaired) electrons. The smallest absolute Gasteiger partial charge is 0.169 e. The Morgan fingerprint density at radius 2 is 2.21 bits per heavy atom. The van der Waals surface area contributed by atoms with Crippen LogP contribution in [0.15, 0.2) is 18.2 Å². The molecule has 19 heavy (non-hydrogen) atoms. The maximum absolute atomic E-state index is 11.9. The lowest BCUT2D eigenvalue weighted by molar-refractivity contribution is 0.584. The molecule has 4 nitrogen and oxygen atoms in total. The molecule has 1 aromatic carbocycles. The highest BCUT2D eigenvalue weighted by atomic mass is 32.2. The van der Waals surface area contributed by atoms with Crippen molar-refractivity contribution in [1.29, 1.82) is 5.26 Å². The number of benzene rings is 1. The van der Waals surface area contributed by atoms with Gasteiger partial charge in [-0.2, -0.15) is 17.0 Å². The highest BCUT2D eigenvalue weighted by Gasteiger charge is 2.32. The van der Waals surface area contributed by atoms with Crippen molar-refractivity contribution in [3.63, 3.8) is 0 Å². The van der Waals surface area contributed by atoms with Crippen LogP contribution in [-0.4, -0.2) is 38.1 Å². The number of nitriles is 1. The van der Waals surface area contributed by atoms with Gasteiger partial charge in [0.1, 0.15) is 11.4 Å². The predicted octanol–water partition coefficient (Wildman–Crippen LogP) is 1.79. The summed E-state index contributed by atoms with van der Waals surface area (Å²) < 4.78 is 23.8. The third kappa shape index (κ3) is 3.04. The molecular weight excluding hydrogens is 280 g/mol. The summed E-state index contributed by atoms with van der Waals surface area (Å²) in [6.07, 6.45) is 1.26. The molecule has 1 aromatic rings. The van der Waals surface area contributed by atoms with E-state index in [4.69, 9.17) is 0 Å². The lowest BCUT2D eigenvalue weighted by Crippen LogP contribution is -2.47. The average molecular weight is 296 g/mol. The molecular formula is C13H16N2O2S2. The van der Waals surface area contributed by atoms with E-state index in [1.807, 2.05) is 24.0 Å². The summed E-state index contributed by atoms with van der Waals surface area (Å²) in [5.74, 6) is 1.43. The molecule has 2 rings (SSSR count). The number of aryl methyl sites for hydroxylation is 1. The summed E-state index contributed by atoms with van der Waals surface area (Å²) in [6.45, 7) is 2.57. The standard InChI is InChI=1S/C13H16N2O2S2/c1-10-3-4-12(11(7-10)8-14)15-5-6-18-9-13(15)19(2,16)17/h3-4,7,13H,5-6,9H2,1-2H3. The first-order valence-electron chi connectivity index (χ1n) is 5.97. The van der Waals surface area contributed by atoms with Gasteiger partial charge in [0.15, 0.2) is 9.84 Å². The quantitative estimate of drug-likeness (QED) is 0.832. The van der Waals surface area contributed by atoms with Crippen LogP contribution in [0.25, 0.3) is 0 Å². The van der Waals surface area contributed by atoms with Crippen LogP contribution in [0.5, 0.6) is 0 Å². The van der Waals surface area contributed by atoms with E-state index in [2.05, 4.69) is 6.07 Å². The van der Waals surface area contributed by atoms with Crippen molar-refractivity contribution in [1.82, 2.24) is 0 Å². The molecule has 1 saturated heterocycles. The van der Waals surface area contributed by atoms with E-state index >= 15 is 0 Å². The van der Waals surface area contributed by atoms with Crippen LogP contribution in [0.4, 0.5) is 5.69 Å². The molecule has 0 aliphatic carbocycles. The fourth-order valence-corrected chi connectivity index (χ4v) is 5.03. The first kappa shape index (κ1) is 14.2. The van der Waals surface area contributed by atoms with Crippen molar-refractivity contribution in [2.45, 2.75) is 12.3 Å². The lowest BCUT2D eigenvalue weighted by Gasteiger charge is -2.36. The normalized spacial score (nSPS) is 20.1. The Bertz CT molecular complexity index is 620. The van der Waals surface area contributed by atoms with Crippen LogP contribution in [0, 0.1) is 18.3 Å². The second-order valence-electron chi connectivity index (χ2n) is 4.68. The minimum Gasteiger partial charge on any atom is -0.352 e. The molecule has 0 spiro atoms. The van der Waals surface area contributed by atoms with E-state index in [9.17, 15) is 13.7 Å². The Hall–Kier alpha value is -1.19. The number of anilines is 1. The zero-order valence-electron chi connectivity index (χ0n) is 11.0. The Morgan fingerprint density at radius 1 is 1.47 bits per heavy atom. The fourth-order valence-electron chi connectivity index (χ4n) is 2.20. The molecule has 0 saturated carbocycles. The zero-order valence-corrected chi connectivity index (χ0v) is 12.6. The number of thioether (sulfide) groups is 1. The van der Waals surface area contributed by atoms with Crippen LogP contribution < -0.4 is 4.90 Å². The fraction of sp³-hybridized carbons (Fsp3) is 0.462. The number of rotatable bonds is 2. The minimum absolute atomic E-state index is 0.541. The van der Waals surface area contributed by atoms with Crippen LogP contribution in [-0.2, 0) is 9.84 Å². The summed E-state index contributed by atoms with van der Waals surface area (Å²) in [5.41, 5.74) is 2.27. The van der Waals surface area contributed by atoms with E-state index in [0.29, 0.717) is 17.9 Å². The van der Waals surface area contributed by atoms with Crippen molar-refractivity contribution in [3.05, 3.63) is 29.3 Å². The van der Waals surface area contributed by atoms with Gasteiger partial charge in [-0.3, -0.25) is 0 Å². The van der Waals surface area contributed by atoms with Gasteiger partial charge >= 0.3 is 0 Å². The topological polar surface area (TPSA) is 61.2 Å². The van der Waals surface area contributed by atoms with Crippen LogP contribution in [0.1, 0.15) is 11.1 Å². The van der Waals surface area contributed by atoms with Gasteiger partial charge in [0.2, 0.25) is 0 Å². The average Bonchev–Trinajstić information content (AvgIpc) is 2.37. The van der Waals surface area contributed by atoms with E-state index in [1.165, 1.54) is 6.26 Å². The van der Waals surface area contributed by atoms with Crippen LogP contribution >= 0.6 is 11.8 Å².